The number of hydrogen-bond acceptors (Lipinski definition) is 5. The number of alkyl halides is 3. The second-order valence-electron chi connectivity index (χ2n) is 5.55. The van der Waals surface area contributed by atoms with Gasteiger partial charge in [0, 0.05) is 17.7 Å². The molecule has 0 radical (unpaired) electrons. The van der Waals surface area contributed by atoms with Crippen molar-refractivity contribution in [2.24, 2.45) is 0 Å². The van der Waals surface area contributed by atoms with Crippen LogP contribution >= 0.6 is 23.2 Å². The van der Waals surface area contributed by atoms with Gasteiger partial charge >= 0.3 is 6.36 Å². The zero-order valence-corrected chi connectivity index (χ0v) is 16.4. The first-order valence-corrected chi connectivity index (χ1v) is 9.93. The van der Waals surface area contributed by atoms with Crippen LogP contribution in [0.25, 0.3) is 11.3 Å². The lowest BCUT2D eigenvalue weighted by molar-refractivity contribution is -0.274. The number of ether oxygens (including phenoxy) is 1. The number of aromatic nitrogens is 2. The van der Waals surface area contributed by atoms with Gasteiger partial charge in [0.1, 0.15) is 17.9 Å². The quantitative estimate of drug-likeness (QED) is 0.565. The maximum atomic E-state index is 12.5. The first-order chi connectivity index (χ1) is 13.5. The Morgan fingerprint density at radius 1 is 0.966 bits per heavy atom. The van der Waals surface area contributed by atoms with Crippen LogP contribution in [0.3, 0.4) is 0 Å². The highest BCUT2D eigenvalue weighted by Crippen LogP contribution is 2.29. The van der Waals surface area contributed by atoms with Crippen molar-refractivity contribution >= 4 is 39.0 Å². The standard InChI is InChI=1S/C17H10Cl2F3N3O3S/c18-13-5-4-10(6-14(13)19)15-8-16(24-9-23-15)25-29(26,27)12-3-1-2-11(7-12)28-17(20,21)22/h1-9H,(H,23,24,25). The summed E-state index contributed by atoms with van der Waals surface area (Å²) in [5, 5.41) is 0.623. The second kappa shape index (κ2) is 8.05. The van der Waals surface area contributed by atoms with E-state index in [4.69, 9.17) is 23.2 Å². The molecule has 1 heterocycles. The van der Waals surface area contributed by atoms with Gasteiger partial charge in [-0.15, -0.1) is 13.2 Å². The summed E-state index contributed by atoms with van der Waals surface area (Å²) in [5.74, 6) is -0.761. The highest BCUT2D eigenvalue weighted by atomic mass is 35.5. The molecule has 0 aliphatic heterocycles. The van der Waals surface area contributed by atoms with E-state index < -0.39 is 27.0 Å². The zero-order chi connectivity index (χ0) is 21.2. The molecular formula is C17H10Cl2F3N3O3S. The fourth-order valence-electron chi connectivity index (χ4n) is 2.26. The van der Waals surface area contributed by atoms with E-state index in [2.05, 4.69) is 19.4 Å². The fourth-order valence-corrected chi connectivity index (χ4v) is 3.59. The molecule has 0 amide bonds. The third-order valence-electron chi connectivity index (χ3n) is 3.47. The van der Waals surface area contributed by atoms with Gasteiger partial charge in [-0.25, -0.2) is 18.4 Å². The van der Waals surface area contributed by atoms with E-state index in [0.717, 1.165) is 30.6 Å². The zero-order valence-electron chi connectivity index (χ0n) is 14.1. The maximum Gasteiger partial charge on any atom is 0.573 e. The normalized spacial score (nSPS) is 11.9. The van der Waals surface area contributed by atoms with Gasteiger partial charge in [0.25, 0.3) is 10.0 Å². The highest BCUT2D eigenvalue weighted by Gasteiger charge is 2.31. The maximum absolute atomic E-state index is 12.5. The minimum Gasteiger partial charge on any atom is -0.406 e. The Balaban J connectivity index is 1.88. The number of sulfonamides is 1. The average molecular weight is 464 g/mol. The lowest BCUT2D eigenvalue weighted by atomic mass is 10.1. The van der Waals surface area contributed by atoms with E-state index in [1.807, 2.05) is 0 Å². The van der Waals surface area contributed by atoms with Gasteiger partial charge in [0.2, 0.25) is 0 Å². The lowest BCUT2D eigenvalue weighted by Gasteiger charge is -2.11. The molecule has 3 aromatic rings. The molecule has 0 fully saturated rings. The predicted molar refractivity (Wildman–Crippen MR) is 101 cm³/mol. The van der Waals surface area contributed by atoms with Crippen LogP contribution in [0.4, 0.5) is 19.0 Å². The van der Waals surface area contributed by atoms with Crippen LogP contribution in [0.15, 0.2) is 59.8 Å². The lowest BCUT2D eigenvalue weighted by Crippen LogP contribution is -2.18. The molecule has 0 aliphatic rings. The summed E-state index contributed by atoms with van der Waals surface area (Å²) in [7, 11) is -4.24. The summed E-state index contributed by atoms with van der Waals surface area (Å²) in [4.78, 5) is 7.43. The summed E-state index contributed by atoms with van der Waals surface area (Å²) >= 11 is 11.8. The molecule has 152 valence electrons. The largest absolute Gasteiger partial charge is 0.573 e. The van der Waals surface area contributed by atoms with Gasteiger partial charge in [-0.1, -0.05) is 35.3 Å². The number of hydrogen-bond donors (Lipinski definition) is 1. The third kappa shape index (κ3) is 5.49. The van der Waals surface area contributed by atoms with E-state index in [1.165, 1.54) is 6.07 Å². The molecule has 0 spiro atoms. The molecule has 0 atom stereocenters. The highest BCUT2D eigenvalue weighted by molar-refractivity contribution is 7.92. The van der Waals surface area contributed by atoms with Crippen molar-refractivity contribution in [1.82, 2.24) is 9.97 Å². The summed E-state index contributed by atoms with van der Waals surface area (Å²) in [5.41, 5.74) is 0.910. The smallest absolute Gasteiger partial charge is 0.406 e. The number of anilines is 1. The Morgan fingerprint density at radius 3 is 2.41 bits per heavy atom. The van der Waals surface area contributed by atoms with Gasteiger partial charge < -0.3 is 4.74 Å². The summed E-state index contributed by atoms with van der Waals surface area (Å²) in [6.45, 7) is 0. The van der Waals surface area contributed by atoms with Gasteiger partial charge in [0.15, 0.2) is 0 Å². The summed E-state index contributed by atoms with van der Waals surface area (Å²) < 4.78 is 68.0. The SMILES string of the molecule is O=S(=O)(Nc1cc(-c2ccc(Cl)c(Cl)c2)ncn1)c1cccc(OC(F)(F)F)c1. The molecule has 0 saturated carbocycles. The number of halogens is 5. The third-order valence-corrected chi connectivity index (χ3v) is 5.56. The van der Waals surface area contributed by atoms with Crippen LogP contribution in [0.5, 0.6) is 5.75 Å². The van der Waals surface area contributed by atoms with Crippen molar-refractivity contribution in [2.75, 3.05) is 4.72 Å². The monoisotopic (exact) mass is 463 g/mol. The molecule has 2 aromatic carbocycles. The van der Waals surface area contributed by atoms with Crippen molar-refractivity contribution in [1.29, 1.82) is 0 Å². The van der Waals surface area contributed by atoms with E-state index >= 15 is 0 Å². The van der Waals surface area contributed by atoms with Crippen molar-refractivity contribution < 1.29 is 26.3 Å². The van der Waals surface area contributed by atoms with Crippen LogP contribution in [-0.2, 0) is 10.0 Å². The van der Waals surface area contributed by atoms with E-state index in [0.29, 0.717) is 16.3 Å². The summed E-state index contributed by atoms with van der Waals surface area (Å²) in [6.07, 6.45) is -3.82. The molecule has 29 heavy (non-hydrogen) atoms. The van der Waals surface area contributed by atoms with Gasteiger partial charge in [-0.05, 0) is 24.3 Å². The molecule has 1 N–H and O–H groups in total. The van der Waals surface area contributed by atoms with Gasteiger partial charge in [-0.3, -0.25) is 4.72 Å². The summed E-state index contributed by atoms with van der Waals surface area (Å²) in [6, 6.07) is 10.0. The van der Waals surface area contributed by atoms with Crippen LogP contribution < -0.4 is 9.46 Å². The Bertz CT molecular complexity index is 1160. The Kier molecular flexibility index (Phi) is 5.87. The predicted octanol–water partition coefficient (Wildman–Crippen LogP) is 5.15. The van der Waals surface area contributed by atoms with Crippen LogP contribution in [0.2, 0.25) is 10.0 Å². The average Bonchev–Trinajstić information content (AvgIpc) is 2.63. The molecule has 6 nitrogen and oxygen atoms in total. The minimum absolute atomic E-state index is 0.0942. The van der Waals surface area contributed by atoms with Crippen LogP contribution in [-0.4, -0.2) is 24.7 Å². The molecule has 3 rings (SSSR count). The Hall–Kier alpha value is -2.56. The number of nitrogens with zero attached hydrogens (tertiary/aromatic N) is 2. The molecule has 0 saturated heterocycles. The number of benzene rings is 2. The van der Waals surface area contributed by atoms with Crippen molar-refractivity contribution in [3.63, 3.8) is 0 Å². The number of rotatable bonds is 5. The Labute approximate surface area is 173 Å². The molecular weight excluding hydrogens is 454 g/mol. The van der Waals surface area contributed by atoms with E-state index in [-0.39, 0.29) is 10.8 Å². The number of nitrogens with one attached hydrogen (secondary N) is 1. The fraction of sp³-hybridized carbons (Fsp3) is 0.0588. The van der Waals surface area contributed by atoms with E-state index in [9.17, 15) is 21.6 Å². The molecule has 0 unspecified atom stereocenters. The van der Waals surface area contributed by atoms with Gasteiger partial charge in [0.05, 0.1) is 20.6 Å². The first kappa shape index (κ1) is 21.2. The van der Waals surface area contributed by atoms with Crippen molar-refractivity contribution in [3.05, 3.63) is 64.9 Å². The molecule has 0 aliphatic carbocycles. The van der Waals surface area contributed by atoms with Gasteiger partial charge in [-0.2, -0.15) is 0 Å². The van der Waals surface area contributed by atoms with E-state index in [1.54, 1.807) is 18.2 Å². The molecule has 12 heteroatoms. The second-order valence-corrected chi connectivity index (χ2v) is 8.04. The molecule has 0 bridgehead atoms. The van der Waals surface area contributed by atoms with Crippen molar-refractivity contribution in [2.45, 2.75) is 11.3 Å². The Morgan fingerprint density at radius 2 is 1.72 bits per heavy atom. The molecule has 1 aromatic heterocycles. The van der Waals surface area contributed by atoms with Crippen LogP contribution in [0.1, 0.15) is 0 Å². The minimum atomic E-state index is -4.95. The first-order valence-electron chi connectivity index (χ1n) is 7.70. The van der Waals surface area contributed by atoms with Crippen LogP contribution in [0, 0.1) is 0 Å². The topological polar surface area (TPSA) is 81.2 Å². The van der Waals surface area contributed by atoms with Crippen molar-refractivity contribution in [3.8, 4) is 17.0 Å².